The number of carbonyl (C=O) groups excluding carboxylic acids is 2. The van der Waals surface area contributed by atoms with Crippen molar-refractivity contribution in [1.29, 1.82) is 0 Å². The van der Waals surface area contributed by atoms with Gasteiger partial charge in [0, 0.05) is 21.8 Å². The number of nitrogens with zero attached hydrogens (tertiary/aromatic N) is 1. The summed E-state index contributed by atoms with van der Waals surface area (Å²) in [6.45, 7) is 1.90. The Morgan fingerprint density at radius 3 is 2.57 bits per heavy atom. The first kappa shape index (κ1) is 18.3. The maximum atomic E-state index is 13.4. The molecule has 0 aromatic heterocycles. The SMILES string of the molecule is Cc1cccc(C(=O)N2CC(=O)Nc3ccc(Cl)cc3[C@H]2c2ccccc2)c1. The van der Waals surface area contributed by atoms with Crippen molar-refractivity contribution < 1.29 is 9.59 Å². The van der Waals surface area contributed by atoms with Crippen molar-refractivity contribution in [2.75, 3.05) is 11.9 Å². The molecule has 28 heavy (non-hydrogen) atoms. The smallest absolute Gasteiger partial charge is 0.255 e. The third kappa shape index (κ3) is 3.51. The van der Waals surface area contributed by atoms with Crippen LogP contribution in [0.2, 0.25) is 5.02 Å². The van der Waals surface area contributed by atoms with E-state index >= 15 is 0 Å². The van der Waals surface area contributed by atoms with Gasteiger partial charge >= 0.3 is 0 Å². The van der Waals surface area contributed by atoms with Crippen LogP contribution in [0.25, 0.3) is 0 Å². The molecule has 0 aliphatic carbocycles. The number of fused-ring (bicyclic) bond motifs is 1. The van der Waals surface area contributed by atoms with E-state index in [9.17, 15) is 9.59 Å². The molecule has 0 radical (unpaired) electrons. The standard InChI is InChI=1S/C23H19ClN2O2/c1-15-6-5-9-17(12-15)23(28)26-14-21(27)25-20-11-10-18(24)13-19(20)22(26)16-7-3-2-4-8-16/h2-13,22H,14H2,1H3,(H,25,27)/t22-/m1/s1. The van der Waals surface area contributed by atoms with Gasteiger partial charge in [-0.1, -0.05) is 59.6 Å². The fraction of sp³-hybridized carbons (Fsp3) is 0.130. The summed E-state index contributed by atoms with van der Waals surface area (Å²) in [5.74, 6) is -0.427. The molecule has 3 aromatic rings. The largest absolute Gasteiger partial charge is 0.324 e. The molecule has 0 spiro atoms. The molecule has 0 saturated heterocycles. The van der Waals surface area contributed by atoms with Crippen LogP contribution in [0.4, 0.5) is 5.69 Å². The van der Waals surface area contributed by atoms with Gasteiger partial charge in [-0.25, -0.2) is 0 Å². The molecule has 4 nitrogen and oxygen atoms in total. The second-order valence-corrected chi connectivity index (χ2v) is 7.33. The molecule has 1 atom stereocenters. The lowest BCUT2D eigenvalue weighted by atomic mass is 9.95. The highest BCUT2D eigenvalue weighted by molar-refractivity contribution is 6.30. The second kappa shape index (κ2) is 7.49. The molecular weight excluding hydrogens is 372 g/mol. The van der Waals surface area contributed by atoms with Crippen LogP contribution in [0.1, 0.15) is 33.1 Å². The number of nitrogens with one attached hydrogen (secondary N) is 1. The molecule has 2 amide bonds. The maximum absolute atomic E-state index is 13.4. The predicted molar refractivity (Wildman–Crippen MR) is 111 cm³/mol. The summed E-state index contributed by atoms with van der Waals surface area (Å²) in [7, 11) is 0. The molecular formula is C23H19ClN2O2. The average molecular weight is 391 g/mol. The zero-order valence-electron chi connectivity index (χ0n) is 15.4. The van der Waals surface area contributed by atoms with Gasteiger partial charge in [0.15, 0.2) is 0 Å². The van der Waals surface area contributed by atoms with Gasteiger partial charge in [0.25, 0.3) is 5.91 Å². The lowest BCUT2D eigenvalue weighted by Crippen LogP contribution is -2.39. The van der Waals surface area contributed by atoms with E-state index in [1.54, 1.807) is 23.1 Å². The first-order chi connectivity index (χ1) is 13.5. The van der Waals surface area contributed by atoms with Gasteiger partial charge in [0.1, 0.15) is 6.54 Å². The van der Waals surface area contributed by atoms with E-state index in [4.69, 9.17) is 11.6 Å². The molecule has 0 bridgehead atoms. The monoisotopic (exact) mass is 390 g/mol. The zero-order chi connectivity index (χ0) is 19.7. The lowest BCUT2D eigenvalue weighted by molar-refractivity contribution is -0.117. The number of halogens is 1. The number of hydrogen-bond acceptors (Lipinski definition) is 2. The molecule has 0 saturated carbocycles. The van der Waals surface area contributed by atoms with Gasteiger partial charge in [-0.3, -0.25) is 9.59 Å². The summed E-state index contributed by atoms with van der Waals surface area (Å²) in [6, 6.07) is 22.0. The second-order valence-electron chi connectivity index (χ2n) is 6.90. The highest BCUT2D eigenvalue weighted by Crippen LogP contribution is 2.37. The summed E-state index contributed by atoms with van der Waals surface area (Å²) >= 11 is 6.27. The van der Waals surface area contributed by atoms with Gasteiger partial charge in [-0.2, -0.15) is 0 Å². The summed E-state index contributed by atoms with van der Waals surface area (Å²) in [4.78, 5) is 27.6. The highest BCUT2D eigenvalue weighted by Gasteiger charge is 2.34. The Morgan fingerprint density at radius 1 is 1.04 bits per heavy atom. The molecule has 1 aliphatic rings. The third-order valence-electron chi connectivity index (χ3n) is 4.85. The van der Waals surface area contributed by atoms with Crippen LogP contribution in [0.3, 0.4) is 0 Å². The number of benzene rings is 3. The number of amides is 2. The summed E-state index contributed by atoms with van der Waals surface area (Å²) in [5.41, 5.74) is 3.93. The van der Waals surface area contributed by atoms with Crippen molar-refractivity contribution in [2.24, 2.45) is 0 Å². The first-order valence-electron chi connectivity index (χ1n) is 9.05. The molecule has 0 unspecified atom stereocenters. The maximum Gasteiger partial charge on any atom is 0.255 e. The van der Waals surface area contributed by atoms with Crippen molar-refractivity contribution in [3.05, 3.63) is 100 Å². The first-order valence-corrected chi connectivity index (χ1v) is 9.42. The Kier molecular flexibility index (Phi) is 4.88. The molecule has 5 heteroatoms. The van der Waals surface area contributed by atoms with Crippen molar-refractivity contribution >= 4 is 29.1 Å². The Morgan fingerprint density at radius 2 is 1.82 bits per heavy atom. The van der Waals surface area contributed by atoms with Crippen molar-refractivity contribution in [3.8, 4) is 0 Å². The molecule has 4 rings (SSSR count). The van der Waals surface area contributed by atoms with Gasteiger partial charge in [-0.15, -0.1) is 0 Å². The minimum absolute atomic E-state index is 0.0430. The van der Waals surface area contributed by atoms with Crippen LogP contribution in [-0.4, -0.2) is 23.3 Å². The van der Waals surface area contributed by atoms with Crippen LogP contribution in [-0.2, 0) is 4.79 Å². The molecule has 1 N–H and O–H groups in total. The third-order valence-corrected chi connectivity index (χ3v) is 5.08. The Balaban J connectivity index is 1.89. The van der Waals surface area contributed by atoms with Crippen LogP contribution >= 0.6 is 11.6 Å². The van der Waals surface area contributed by atoms with Crippen molar-refractivity contribution in [3.63, 3.8) is 0 Å². The van der Waals surface area contributed by atoms with Gasteiger partial charge in [0.05, 0.1) is 6.04 Å². The van der Waals surface area contributed by atoms with Crippen molar-refractivity contribution in [2.45, 2.75) is 13.0 Å². The minimum atomic E-state index is -0.429. The fourth-order valence-corrected chi connectivity index (χ4v) is 3.79. The molecule has 1 heterocycles. The minimum Gasteiger partial charge on any atom is -0.324 e. The van der Waals surface area contributed by atoms with Crippen LogP contribution in [0.15, 0.2) is 72.8 Å². The summed E-state index contributed by atoms with van der Waals surface area (Å²) < 4.78 is 0. The lowest BCUT2D eigenvalue weighted by Gasteiger charge is -2.30. The molecule has 3 aromatic carbocycles. The number of carbonyl (C=O) groups is 2. The molecule has 140 valence electrons. The van der Waals surface area contributed by atoms with Crippen LogP contribution < -0.4 is 5.32 Å². The van der Waals surface area contributed by atoms with E-state index in [-0.39, 0.29) is 18.4 Å². The predicted octanol–water partition coefficient (Wildman–Crippen LogP) is 4.83. The number of aryl methyl sites for hydroxylation is 1. The zero-order valence-corrected chi connectivity index (χ0v) is 16.1. The number of rotatable bonds is 2. The number of hydrogen-bond donors (Lipinski definition) is 1. The van der Waals surface area contributed by atoms with E-state index in [2.05, 4.69) is 5.32 Å². The van der Waals surface area contributed by atoms with Gasteiger partial charge in [-0.05, 0) is 42.8 Å². The van der Waals surface area contributed by atoms with E-state index in [0.29, 0.717) is 16.3 Å². The molecule has 1 aliphatic heterocycles. The Hall–Kier alpha value is -3.11. The van der Waals surface area contributed by atoms with E-state index in [1.807, 2.05) is 61.5 Å². The highest BCUT2D eigenvalue weighted by atomic mass is 35.5. The quantitative estimate of drug-likeness (QED) is 0.681. The van der Waals surface area contributed by atoms with Crippen molar-refractivity contribution in [1.82, 2.24) is 4.90 Å². The van der Waals surface area contributed by atoms with Crippen LogP contribution in [0, 0.1) is 6.92 Å². The Labute approximate surface area is 168 Å². The van der Waals surface area contributed by atoms with E-state index in [0.717, 1.165) is 16.7 Å². The van der Waals surface area contributed by atoms with Crippen LogP contribution in [0.5, 0.6) is 0 Å². The number of anilines is 1. The summed E-state index contributed by atoms with van der Waals surface area (Å²) in [6.07, 6.45) is 0. The normalized spacial score (nSPS) is 16.1. The summed E-state index contributed by atoms with van der Waals surface area (Å²) in [5, 5.41) is 3.46. The molecule has 0 fully saturated rings. The topological polar surface area (TPSA) is 49.4 Å². The van der Waals surface area contributed by atoms with E-state index < -0.39 is 6.04 Å². The average Bonchev–Trinajstić information content (AvgIpc) is 2.83. The van der Waals surface area contributed by atoms with Gasteiger partial charge in [0.2, 0.25) is 5.91 Å². The Bertz CT molecular complexity index is 1050. The van der Waals surface area contributed by atoms with Gasteiger partial charge < -0.3 is 10.2 Å². The fourth-order valence-electron chi connectivity index (χ4n) is 3.61. The van der Waals surface area contributed by atoms with E-state index in [1.165, 1.54) is 0 Å².